The summed E-state index contributed by atoms with van der Waals surface area (Å²) in [6.45, 7) is 13.5. The van der Waals surface area contributed by atoms with Gasteiger partial charge in [0.1, 0.15) is 0 Å². The smallest absolute Gasteiger partial charge is 0.233 e. The summed E-state index contributed by atoms with van der Waals surface area (Å²) in [4.78, 5) is 26.9. The SMILES string of the molecule is C=C1C2C(C)(C)CCC[C@]2(C)C2(O)C(=O)C(OC)=C(C(C)C)C(=O)C12O. The van der Waals surface area contributed by atoms with Crippen LogP contribution in [0, 0.1) is 22.7 Å². The van der Waals surface area contributed by atoms with E-state index in [1.165, 1.54) is 7.11 Å². The second-order valence-corrected chi connectivity index (χ2v) is 9.40. The number of aliphatic hydroxyl groups is 2. The maximum Gasteiger partial charge on any atom is 0.233 e. The van der Waals surface area contributed by atoms with Gasteiger partial charge >= 0.3 is 0 Å². The van der Waals surface area contributed by atoms with Gasteiger partial charge in [0.2, 0.25) is 11.6 Å². The van der Waals surface area contributed by atoms with Gasteiger partial charge in [0.05, 0.1) is 7.11 Å². The number of methoxy groups -OCH3 is 1. The van der Waals surface area contributed by atoms with Gasteiger partial charge in [0.25, 0.3) is 0 Å². The Morgan fingerprint density at radius 3 is 2.19 bits per heavy atom. The zero-order valence-corrected chi connectivity index (χ0v) is 16.6. The molecule has 0 radical (unpaired) electrons. The lowest BCUT2D eigenvalue weighted by Crippen LogP contribution is -2.70. The molecule has 2 N–H and O–H groups in total. The van der Waals surface area contributed by atoms with Crippen LogP contribution in [0.5, 0.6) is 0 Å². The molecule has 0 saturated heterocycles. The third-order valence-electron chi connectivity index (χ3n) is 7.23. The van der Waals surface area contributed by atoms with E-state index in [1.54, 1.807) is 20.8 Å². The third-order valence-corrected chi connectivity index (χ3v) is 7.23. The summed E-state index contributed by atoms with van der Waals surface area (Å²) in [6, 6.07) is 0. The summed E-state index contributed by atoms with van der Waals surface area (Å²) in [6.07, 6.45) is 2.21. The molecule has 5 heteroatoms. The Hall–Kier alpha value is -1.46. The summed E-state index contributed by atoms with van der Waals surface area (Å²) in [7, 11) is 1.32. The molecule has 5 nitrogen and oxygen atoms in total. The molecule has 0 amide bonds. The average Bonchev–Trinajstić information content (AvgIpc) is 2.68. The molecule has 0 aromatic rings. The Morgan fingerprint density at radius 1 is 1.12 bits per heavy atom. The van der Waals surface area contributed by atoms with Crippen LogP contribution in [0.15, 0.2) is 23.5 Å². The predicted octanol–water partition coefficient (Wildman–Crippen LogP) is 2.56. The van der Waals surface area contributed by atoms with Crippen molar-refractivity contribution in [2.45, 2.75) is 65.1 Å². The highest BCUT2D eigenvalue weighted by molar-refractivity contribution is 6.22. The van der Waals surface area contributed by atoms with Crippen LogP contribution in [-0.2, 0) is 14.3 Å². The molecule has 3 aliphatic carbocycles. The summed E-state index contributed by atoms with van der Waals surface area (Å²) in [5.41, 5.74) is -5.46. The number of ketones is 2. The fourth-order valence-corrected chi connectivity index (χ4v) is 6.21. The van der Waals surface area contributed by atoms with Crippen molar-refractivity contribution in [3.63, 3.8) is 0 Å². The molecule has 0 heterocycles. The van der Waals surface area contributed by atoms with Gasteiger partial charge in [-0.2, -0.15) is 0 Å². The van der Waals surface area contributed by atoms with Crippen LogP contribution >= 0.6 is 0 Å². The number of hydrogen-bond donors (Lipinski definition) is 2. The van der Waals surface area contributed by atoms with Crippen LogP contribution in [0.25, 0.3) is 0 Å². The Morgan fingerprint density at radius 2 is 1.69 bits per heavy atom. The zero-order valence-electron chi connectivity index (χ0n) is 16.6. The molecule has 2 fully saturated rings. The van der Waals surface area contributed by atoms with Gasteiger partial charge in [-0.3, -0.25) is 9.59 Å². The highest BCUT2D eigenvalue weighted by Crippen LogP contribution is 2.70. The van der Waals surface area contributed by atoms with Crippen molar-refractivity contribution < 1.29 is 24.5 Å². The minimum absolute atomic E-state index is 0.129. The molecule has 2 saturated carbocycles. The van der Waals surface area contributed by atoms with Gasteiger partial charge in [0.15, 0.2) is 17.0 Å². The zero-order chi connectivity index (χ0) is 19.9. The van der Waals surface area contributed by atoms with Crippen molar-refractivity contribution in [2.75, 3.05) is 7.11 Å². The number of fused-ring (bicyclic) bond motifs is 3. The van der Waals surface area contributed by atoms with Crippen molar-refractivity contribution in [3.8, 4) is 0 Å². The lowest BCUT2D eigenvalue weighted by molar-refractivity contribution is -0.197. The van der Waals surface area contributed by atoms with Crippen molar-refractivity contribution in [2.24, 2.45) is 22.7 Å². The molecule has 0 aromatic carbocycles. The molecule has 0 aromatic heterocycles. The number of hydrogen-bond acceptors (Lipinski definition) is 5. The normalized spacial score (nSPS) is 42.2. The Bertz CT molecular complexity index is 746. The monoisotopic (exact) mass is 362 g/mol. The number of Topliss-reactive ketones (excluding diaryl/α,β-unsaturated/α-hetero) is 2. The molecule has 144 valence electrons. The molecule has 3 rings (SSSR count). The molecule has 0 spiro atoms. The van der Waals surface area contributed by atoms with E-state index in [9.17, 15) is 19.8 Å². The molecule has 0 bridgehead atoms. The summed E-state index contributed by atoms with van der Waals surface area (Å²) >= 11 is 0. The van der Waals surface area contributed by atoms with Crippen molar-refractivity contribution in [1.29, 1.82) is 0 Å². The van der Waals surface area contributed by atoms with Gasteiger partial charge in [-0.25, -0.2) is 0 Å². The van der Waals surface area contributed by atoms with E-state index in [2.05, 4.69) is 6.58 Å². The average molecular weight is 362 g/mol. The first-order chi connectivity index (χ1) is 11.8. The van der Waals surface area contributed by atoms with Crippen LogP contribution in [-0.4, -0.2) is 40.1 Å². The maximum atomic E-state index is 13.5. The fraction of sp³-hybridized carbons (Fsp3) is 0.714. The van der Waals surface area contributed by atoms with Crippen molar-refractivity contribution >= 4 is 11.6 Å². The van der Waals surface area contributed by atoms with Crippen LogP contribution in [0.3, 0.4) is 0 Å². The third kappa shape index (κ3) is 1.79. The number of ether oxygens (including phenoxy) is 1. The summed E-state index contributed by atoms with van der Waals surface area (Å²) in [5.74, 6) is -2.16. The van der Waals surface area contributed by atoms with E-state index < -0.39 is 28.2 Å². The van der Waals surface area contributed by atoms with E-state index >= 15 is 0 Å². The van der Waals surface area contributed by atoms with Gasteiger partial charge < -0.3 is 14.9 Å². The minimum Gasteiger partial charge on any atom is -0.492 e. The number of rotatable bonds is 2. The summed E-state index contributed by atoms with van der Waals surface area (Å²) in [5, 5.41) is 23.4. The van der Waals surface area contributed by atoms with E-state index in [-0.39, 0.29) is 34.2 Å². The second kappa shape index (κ2) is 5.29. The first-order valence-electron chi connectivity index (χ1n) is 9.34. The highest BCUT2D eigenvalue weighted by atomic mass is 16.5. The Kier molecular flexibility index (Phi) is 3.93. The second-order valence-electron chi connectivity index (χ2n) is 9.40. The largest absolute Gasteiger partial charge is 0.492 e. The first-order valence-corrected chi connectivity index (χ1v) is 9.34. The highest BCUT2D eigenvalue weighted by Gasteiger charge is 2.81. The van der Waals surface area contributed by atoms with Crippen LogP contribution in [0.1, 0.15) is 53.9 Å². The van der Waals surface area contributed by atoms with E-state index in [0.29, 0.717) is 6.42 Å². The Balaban J connectivity index is 2.38. The van der Waals surface area contributed by atoms with Crippen LogP contribution < -0.4 is 0 Å². The van der Waals surface area contributed by atoms with Gasteiger partial charge in [-0.15, -0.1) is 0 Å². The van der Waals surface area contributed by atoms with Gasteiger partial charge in [-0.1, -0.05) is 47.6 Å². The molecule has 3 aliphatic rings. The first kappa shape index (κ1) is 19.3. The van der Waals surface area contributed by atoms with Gasteiger partial charge in [0, 0.05) is 11.0 Å². The maximum absolute atomic E-state index is 13.5. The number of carbonyl (C=O) groups excluding carboxylic acids is 2. The molecule has 3 unspecified atom stereocenters. The predicted molar refractivity (Wildman–Crippen MR) is 97.2 cm³/mol. The van der Waals surface area contributed by atoms with Crippen LogP contribution in [0.2, 0.25) is 0 Å². The fourth-order valence-electron chi connectivity index (χ4n) is 6.21. The topological polar surface area (TPSA) is 83.8 Å². The molecular weight excluding hydrogens is 332 g/mol. The summed E-state index contributed by atoms with van der Waals surface area (Å²) < 4.78 is 5.29. The lowest BCUT2D eigenvalue weighted by atomic mass is 9.52. The molecule has 26 heavy (non-hydrogen) atoms. The molecular formula is C21H30O5. The molecule has 4 atom stereocenters. The van der Waals surface area contributed by atoms with E-state index in [4.69, 9.17) is 4.74 Å². The Labute approximate surface area is 155 Å². The van der Waals surface area contributed by atoms with E-state index in [1.807, 2.05) is 13.8 Å². The quantitative estimate of drug-likeness (QED) is 0.738. The lowest BCUT2D eigenvalue weighted by Gasteiger charge is -2.52. The van der Waals surface area contributed by atoms with Crippen molar-refractivity contribution in [3.05, 3.63) is 23.5 Å². The van der Waals surface area contributed by atoms with E-state index in [0.717, 1.165) is 12.8 Å². The van der Waals surface area contributed by atoms with Crippen LogP contribution in [0.4, 0.5) is 0 Å². The standard InChI is InChI=1S/C21H30O5/c1-11(2)13-14(26-7)17(23)21(25)19(6)10-8-9-18(4,5)15(19)12(3)20(21,24)16(13)22/h11,15,24-25H,3,8-10H2,1-2,4-7H3/t15?,19-,20?,21?/m0/s1. The minimum atomic E-state index is -2.31. The van der Waals surface area contributed by atoms with Gasteiger partial charge in [-0.05, 0) is 35.7 Å². The van der Waals surface area contributed by atoms with Crippen molar-refractivity contribution in [1.82, 2.24) is 0 Å². The number of carbonyl (C=O) groups is 2. The molecule has 0 aliphatic heterocycles.